The zero-order chi connectivity index (χ0) is 16.1. The first-order valence-corrected chi connectivity index (χ1v) is 7.25. The quantitative estimate of drug-likeness (QED) is 0.829. The average molecular weight is 311 g/mol. The van der Waals surface area contributed by atoms with Gasteiger partial charge in [-0.2, -0.15) is 0 Å². The van der Waals surface area contributed by atoms with Gasteiger partial charge < -0.3 is 24.2 Å². The second-order valence-electron chi connectivity index (χ2n) is 5.42. The van der Waals surface area contributed by atoms with E-state index in [0.29, 0.717) is 18.8 Å². The van der Waals surface area contributed by atoms with Gasteiger partial charge in [-0.1, -0.05) is 13.8 Å². The molecule has 1 unspecified atom stereocenters. The van der Waals surface area contributed by atoms with E-state index in [1.54, 1.807) is 4.90 Å². The molecular weight excluding hydrogens is 290 g/mol. The van der Waals surface area contributed by atoms with Gasteiger partial charge in [0.2, 0.25) is 0 Å². The van der Waals surface area contributed by atoms with Crippen LogP contribution < -0.4 is 10.1 Å². The number of hydrogen-bond donors (Lipinski definition) is 1. The van der Waals surface area contributed by atoms with Crippen LogP contribution in [0.2, 0.25) is 0 Å². The summed E-state index contributed by atoms with van der Waals surface area (Å²) in [6, 6.07) is 1.46. The number of amides is 1. The zero-order valence-corrected chi connectivity index (χ0v) is 13.0. The van der Waals surface area contributed by atoms with Crippen molar-refractivity contribution in [2.24, 2.45) is 5.92 Å². The number of ether oxygens (including phenoxy) is 2. The molecule has 1 amide bonds. The van der Waals surface area contributed by atoms with Crippen LogP contribution in [-0.4, -0.2) is 55.4 Å². The van der Waals surface area contributed by atoms with Gasteiger partial charge in [0, 0.05) is 32.2 Å². The van der Waals surface area contributed by atoms with E-state index in [-0.39, 0.29) is 11.8 Å². The fourth-order valence-electron chi connectivity index (χ4n) is 2.31. The zero-order valence-electron chi connectivity index (χ0n) is 13.0. The van der Waals surface area contributed by atoms with Crippen LogP contribution in [0.5, 0.6) is 5.88 Å². The Bertz CT molecular complexity index is 522. The Morgan fingerprint density at radius 1 is 1.36 bits per heavy atom. The molecule has 1 N–H and O–H groups in total. The first-order chi connectivity index (χ1) is 10.5. The van der Waals surface area contributed by atoms with Crippen LogP contribution in [0.3, 0.4) is 0 Å². The summed E-state index contributed by atoms with van der Waals surface area (Å²) in [5.41, 5.74) is 0. The van der Waals surface area contributed by atoms with E-state index >= 15 is 0 Å². The molecule has 0 saturated carbocycles. The van der Waals surface area contributed by atoms with Gasteiger partial charge in [0.05, 0.1) is 7.11 Å². The summed E-state index contributed by atoms with van der Waals surface area (Å²) in [6.07, 6.45) is -0.472. The summed E-state index contributed by atoms with van der Waals surface area (Å²) in [4.78, 5) is 25.4. The number of carbonyl (C=O) groups is 2. The third kappa shape index (κ3) is 3.76. The van der Waals surface area contributed by atoms with Crippen molar-refractivity contribution in [1.82, 2.24) is 15.4 Å². The van der Waals surface area contributed by atoms with Gasteiger partial charge in [-0.3, -0.25) is 4.79 Å². The average Bonchev–Trinajstić information content (AvgIpc) is 2.95. The molecule has 2 heterocycles. The van der Waals surface area contributed by atoms with E-state index < -0.39 is 18.0 Å². The molecule has 1 aromatic rings. The SMILES string of the molecule is COC(=O)C(c1cc(OC(=O)N2CCNCC2)no1)C(C)C. The number of nitrogens with one attached hydrogen (secondary N) is 1. The molecule has 0 aliphatic carbocycles. The molecule has 1 fully saturated rings. The highest BCUT2D eigenvalue weighted by Gasteiger charge is 2.30. The highest BCUT2D eigenvalue weighted by molar-refractivity contribution is 5.77. The van der Waals surface area contributed by atoms with Gasteiger partial charge in [-0.15, -0.1) is 0 Å². The minimum Gasteiger partial charge on any atom is -0.468 e. The number of nitrogens with zero attached hydrogens (tertiary/aromatic N) is 2. The van der Waals surface area contributed by atoms with E-state index in [0.717, 1.165) is 13.1 Å². The van der Waals surface area contributed by atoms with Gasteiger partial charge in [-0.05, 0) is 11.1 Å². The molecule has 122 valence electrons. The molecule has 0 radical (unpaired) electrons. The topological polar surface area (TPSA) is 93.9 Å². The van der Waals surface area contributed by atoms with Gasteiger partial charge in [0.1, 0.15) is 5.92 Å². The van der Waals surface area contributed by atoms with Crippen LogP contribution in [0.15, 0.2) is 10.6 Å². The monoisotopic (exact) mass is 311 g/mol. The Morgan fingerprint density at radius 2 is 2.05 bits per heavy atom. The predicted molar refractivity (Wildman–Crippen MR) is 76.6 cm³/mol. The largest absolute Gasteiger partial charge is 0.468 e. The van der Waals surface area contributed by atoms with Crippen molar-refractivity contribution < 1.29 is 23.6 Å². The number of rotatable bonds is 4. The lowest BCUT2D eigenvalue weighted by atomic mass is 9.93. The Kier molecular flexibility index (Phi) is 5.37. The van der Waals surface area contributed by atoms with Crippen molar-refractivity contribution in [2.75, 3.05) is 33.3 Å². The van der Waals surface area contributed by atoms with E-state index in [2.05, 4.69) is 10.5 Å². The molecule has 8 heteroatoms. The first kappa shape index (κ1) is 16.3. The lowest BCUT2D eigenvalue weighted by Gasteiger charge is -2.25. The second-order valence-corrected chi connectivity index (χ2v) is 5.42. The normalized spacial score (nSPS) is 16.5. The number of aromatic nitrogens is 1. The van der Waals surface area contributed by atoms with Crippen molar-refractivity contribution >= 4 is 12.1 Å². The summed E-state index contributed by atoms with van der Waals surface area (Å²) in [5, 5.41) is 6.85. The van der Waals surface area contributed by atoms with Crippen molar-refractivity contribution in [2.45, 2.75) is 19.8 Å². The molecule has 0 spiro atoms. The summed E-state index contributed by atoms with van der Waals surface area (Å²) in [6.45, 7) is 6.38. The summed E-state index contributed by atoms with van der Waals surface area (Å²) < 4.78 is 15.1. The molecule has 1 saturated heterocycles. The molecule has 8 nitrogen and oxygen atoms in total. The minimum atomic E-state index is -0.580. The van der Waals surface area contributed by atoms with Crippen LogP contribution in [0, 0.1) is 5.92 Å². The Labute approximate surface area is 128 Å². The number of piperazine rings is 1. The van der Waals surface area contributed by atoms with Gasteiger partial charge in [-0.25, -0.2) is 4.79 Å². The summed E-state index contributed by atoms with van der Waals surface area (Å²) >= 11 is 0. The Hall–Kier alpha value is -2.09. The highest BCUT2D eigenvalue weighted by atomic mass is 16.6. The van der Waals surface area contributed by atoms with Crippen LogP contribution in [0.1, 0.15) is 25.5 Å². The lowest BCUT2D eigenvalue weighted by Crippen LogP contribution is -2.47. The molecule has 1 aliphatic heterocycles. The molecule has 1 atom stereocenters. The molecule has 0 bridgehead atoms. The maximum atomic E-state index is 12.0. The number of methoxy groups -OCH3 is 1. The fourth-order valence-corrected chi connectivity index (χ4v) is 2.31. The highest BCUT2D eigenvalue weighted by Crippen LogP contribution is 2.28. The number of carbonyl (C=O) groups excluding carboxylic acids is 2. The molecular formula is C14H21N3O5. The molecule has 22 heavy (non-hydrogen) atoms. The summed E-state index contributed by atoms with van der Waals surface area (Å²) in [5.74, 6) is -0.648. The van der Waals surface area contributed by atoms with E-state index in [1.807, 2.05) is 13.8 Å². The molecule has 2 rings (SSSR count). The van der Waals surface area contributed by atoms with Gasteiger partial charge in [0.15, 0.2) is 5.76 Å². The van der Waals surface area contributed by atoms with E-state index in [4.69, 9.17) is 14.0 Å². The van der Waals surface area contributed by atoms with E-state index in [1.165, 1.54) is 13.2 Å². The van der Waals surface area contributed by atoms with Crippen molar-refractivity contribution in [1.29, 1.82) is 0 Å². The van der Waals surface area contributed by atoms with Crippen LogP contribution in [0.25, 0.3) is 0 Å². The summed E-state index contributed by atoms with van der Waals surface area (Å²) in [7, 11) is 1.32. The maximum Gasteiger partial charge on any atom is 0.416 e. The van der Waals surface area contributed by atoms with Crippen LogP contribution in [-0.2, 0) is 9.53 Å². The van der Waals surface area contributed by atoms with Crippen molar-refractivity contribution in [3.63, 3.8) is 0 Å². The predicted octanol–water partition coefficient (Wildman–Crippen LogP) is 0.991. The third-order valence-corrected chi connectivity index (χ3v) is 3.50. The molecule has 1 aliphatic rings. The second kappa shape index (κ2) is 7.26. The molecule has 0 aromatic carbocycles. The van der Waals surface area contributed by atoms with Gasteiger partial charge >= 0.3 is 12.1 Å². The van der Waals surface area contributed by atoms with Crippen molar-refractivity contribution in [3.8, 4) is 5.88 Å². The molecule has 1 aromatic heterocycles. The van der Waals surface area contributed by atoms with Gasteiger partial charge in [0.25, 0.3) is 5.88 Å². The lowest BCUT2D eigenvalue weighted by molar-refractivity contribution is -0.144. The third-order valence-electron chi connectivity index (χ3n) is 3.50. The fraction of sp³-hybridized carbons (Fsp3) is 0.643. The van der Waals surface area contributed by atoms with E-state index in [9.17, 15) is 9.59 Å². The maximum absolute atomic E-state index is 12.0. The Morgan fingerprint density at radius 3 is 2.64 bits per heavy atom. The van der Waals surface area contributed by atoms with Crippen LogP contribution in [0.4, 0.5) is 4.79 Å². The first-order valence-electron chi connectivity index (χ1n) is 7.25. The van der Waals surface area contributed by atoms with Crippen molar-refractivity contribution in [3.05, 3.63) is 11.8 Å². The minimum absolute atomic E-state index is 0.0304. The smallest absolute Gasteiger partial charge is 0.416 e. The Balaban J connectivity index is 2.03. The van der Waals surface area contributed by atoms with Crippen LogP contribution >= 0.6 is 0 Å². The standard InChI is InChI=1S/C14H21N3O5/c1-9(2)12(13(18)20-3)10-8-11(16-22-10)21-14(19)17-6-4-15-5-7-17/h8-9,12,15H,4-7H2,1-3H3. The number of hydrogen-bond acceptors (Lipinski definition) is 7. The number of esters is 1.